The Morgan fingerprint density at radius 1 is 0.765 bits per heavy atom. The van der Waals surface area contributed by atoms with E-state index < -0.39 is 8.38 Å². The van der Waals surface area contributed by atoms with Crippen molar-refractivity contribution in [2.45, 2.75) is 85.4 Å². The van der Waals surface area contributed by atoms with Crippen LogP contribution in [0.5, 0.6) is 0 Å². The van der Waals surface area contributed by atoms with E-state index in [1.54, 1.807) is 0 Å². The van der Waals surface area contributed by atoms with Crippen LogP contribution in [0.25, 0.3) is 0 Å². The van der Waals surface area contributed by atoms with Crippen LogP contribution in [0.1, 0.15) is 74.1 Å². The van der Waals surface area contributed by atoms with Crippen molar-refractivity contribution in [1.82, 2.24) is 0 Å². The second kappa shape index (κ2) is 7.71. The molecule has 0 heterocycles. The SMILES string of the molecule is CCCCCCP(OC(C)(C)C)OC(C)(C)C. The van der Waals surface area contributed by atoms with E-state index in [1.165, 1.54) is 25.7 Å². The maximum atomic E-state index is 6.04. The Balaban J connectivity index is 4.12. The number of hydrogen-bond donors (Lipinski definition) is 0. The molecule has 0 aliphatic rings. The van der Waals surface area contributed by atoms with Crippen molar-refractivity contribution in [1.29, 1.82) is 0 Å². The second-order valence-electron chi connectivity index (χ2n) is 6.52. The van der Waals surface area contributed by atoms with Crippen LogP contribution in [0.4, 0.5) is 0 Å². The van der Waals surface area contributed by atoms with Gasteiger partial charge in [-0.1, -0.05) is 26.2 Å². The maximum Gasteiger partial charge on any atom is 0.171 e. The third kappa shape index (κ3) is 12.6. The fraction of sp³-hybridized carbons (Fsp3) is 1.00. The largest absolute Gasteiger partial charge is 0.328 e. The summed E-state index contributed by atoms with van der Waals surface area (Å²) in [6.45, 7) is 14.8. The lowest BCUT2D eigenvalue weighted by Gasteiger charge is -2.31. The van der Waals surface area contributed by atoms with E-state index in [0.717, 1.165) is 6.16 Å². The molecule has 0 saturated heterocycles. The molecule has 0 aromatic rings. The summed E-state index contributed by atoms with van der Waals surface area (Å²) in [6, 6.07) is 0. The van der Waals surface area contributed by atoms with Crippen LogP contribution in [0.3, 0.4) is 0 Å². The summed E-state index contributed by atoms with van der Waals surface area (Å²) in [5.41, 5.74) is -0.219. The van der Waals surface area contributed by atoms with Crippen LogP contribution in [0.15, 0.2) is 0 Å². The molecule has 0 atom stereocenters. The van der Waals surface area contributed by atoms with Crippen molar-refractivity contribution in [3.8, 4) is 0 Å². The molecular weight excluding hydrogens is 231 g/mol. The summed E-state index contributed by atoms with van der Waals surface area (Å²) in [6.07, 6.45) is 6.15. The highest BCUT2D eigenvalue weighted by atomic mass is 31.2. The fourth-order valence-electron chi connectivity index (χ4n) is 1.39. The minimum absolute atomic E-state index is 0.109. The first kappa shape index (κ1) is 17.4. The molecule has 2 nitrogen and oxygen atoms in total. The fourth-order valence-corrected chi connectivity index (χ4v) is 3.31. The molecule has 0 aliphatic heterocycles. The van der Waals surface area contributed by atoms with Gasteiger partial charge < -0.3 is 9.05 Å². The minimum Gasteiger partial charge on any atom is -0.328 e. The van der Waals surface area contributed by atoms with Crippen molar-refractivity contribution < 1.29 is 9.05 Å². The Hall–Kier alpha value is 0.350. The molecule has 0 N–H and O–H groups in total. The lowest BCUT2D eigenvalue weighted by atomic mass is 10.2. The van der Waals surface area contributed by atoms with Crippen LogP contribution >= 0.6 is 8.38 Å². The van der Waals surface area contributed by atoms with Gasteiger partial charge in [0.1, 0.15) is 0 Å². The van der Waals surface area contributed by atoms with Crippen molar-refractivity contribution >= 4 is 8.38 Å². The van der Waals surface area contributed by atoms with Crippen molar-refractivity contribution in [3.63, 3.8) is 0 Å². The predicted molar refractivity (Wildman–Crippen MR) is 77.6 cm³/mol. The van der Waals surface area contributed by atoms with Gasteiger partial charge in [0.05, 0.1) is 11.2 Å². The average Bonchev–Trinajstić information content (AvgIpc) is 2.06. The molecule has 0 bridgehead atoms. The van der Waals surface area contributed by atoms with E-state index in [4.69, 9.17) is 9.05 Å². The van der Waals surface area contributed by atoms with E-state index in [0.29, 0.717) is 0 Å². The summed E-state index contributed by atoms with van der Waals surface area (Å²) in [4.78, 5) is 0. The zero-order chi connectivity index (χ0) is 13.5. The molecule has 0 amide bonds. The van der Waals surface area contributed by atoms with Crippen LogP contribution in [0.2, 0.25) is 0 Å². The van der Waals surface area contributed by atoms with Crippen LogP contribution in [0, 0.1) is 0 Å². The molecule has 0 spiro atoms. The normalized spacial score (nSPS) is 13.4. The Morgan fingerprint density at radius 2 is 1.24 bits per heavy atom. The number of unbranched alkanes of at least 4 members (excludes halogenated alkanes) is 3. The molecule has 0 unspecified atom stereocenters. The van der Waals surface area contributed by atoms with Gasteiger partial charge in [0.25, 0.3) is 0 Å². The molecule has 0 aromatic heterocycles. The zero-order valence-electron chi connectivity index (χ0n) is 12.8. The Kier molecular flexibility index (Phi) is 7.87. The molecule has 0 saturated carbocycles. The van der Waals surface area contributed by atoms with Crippen LogP contribution in [-0.4, -0.2) is 17.4 Å². The van der Waals surface area contributed by atoms with E-state index in [-0.39, 0.29) is 11.2 Å². The van der Waals surface area contributed by atoms with Gasteiger partial charge >= 0.3 is 0 Å². The summed E-state index contributed by atoms with van der Waals surface area (Å²) in [5.74, 6) is 0. The first-order valence-corrected chi connectivity index (χ1v) is 8.16. The van der Waals surface area contributed by atoms with Gasteiger partial charge in [0.15, 0.2) is 8.38 Å². The summed E-state index contributed by atoms with van der Waals surface area (Å²) in [7, 11) is -0.753. The molecule has 0 radical (unpaired) electrons. The predicted octanol–water partition coefficient (Wildman–Crippen LogP) is 5.51. The first-order chi connectivity index (χ1) is 7.64. The molecular formula is C14H31O2P. The quantitative estimate of drug-likeness (QED) is 0.445. The molecule has 0 aliphatic carbocycles. The minimum atomic E-state index is -0.753. The molecule has 0 fully saturated rings. The Morgan fingerprint density at radius 3 is 1.59 bits per heavy atom. The van der Waals surface area contributed by atoms with Gasteiger partial charge in [0.2, 0.25) is 0 Å². The molecule has 3 heteroatoms. The lowest BCUT2D eigenvalue weighted by Crippen LogP contribution is -2.22. The van der Waals surface area contributed by atoms with Crippen molar-refractivity contribution in [2.24, 2.45) is 0 Å². The summed E-state index contributed by atoms with van der Waals surface area (Å²) < 4.78 is 12.1. The van der Waals surface area contributed by atoms with Gasteiger partial charge in [-0.05, 0) is 48.0 Å². The standard InChI is InChI=1S/C14H31O2P/c1-8-9-10-11-12-17(15-13(2,3)4)16-14(5,6)7/h8-12H2,1-7H3. The van der Waals surface area contributed by atoms with Crippen LogP contribution < -0.4 is 0 Å². The first-order valence-electron chi connectivity index (χ1n) is 6.80. The summed E-state index contributed by atoms with van der Waals surface area (Å²) in [5, 5.41) is 0. The third-order valence-electron chi connectivity index (χ3n) is 1.95. The second-order valence-corrected chi connectivity index (χ2v) is 8.00. The third-order valence-corrected chi connectivity index (χ3v) is 4.13. The van der Waals surface area contributed by atoms with E-state index in [1.807, 2.05) is 0 Å². The highest BCUT2D eigenvalue weighted by molar-refractivity contribution is 7.47. The van der Waals surface area contributed by atoms with Crippen molar-refractivity contribution in [2.75, 3.05) is 6.16 Å². The Bertz CT molecular complexity index is 175. The molecule has 0 rings (SSSR count). The van der Waals surface area contributed by atoms with Gasteiger partial charge in [0, 0.05) is 6.16 Å². The highest BCUT2D eigenvalue weighted by Gasteiger charge is 2.24. The van der Waals surface area contributed by atoms with Gasteiger partial charge in [-0.2, -0.15) is 0 Å². The maximum absolute atomic E-state index is 6.04. The average molecular weight is 262 g/mol. The van der Waals surface area contributed by atoms with Crippen molar-refractivity contribution in [3.05, 3.63) is 0 Å². The topological polar surface area (TPSA) is 18.5 Å². The monoisotopic (exact) mass is 262 g/mol. The Labute approximate surface area is 109 Å². The summed E-state index contributed by atoms with van der Waals surface area (Å²) >= 11 is 0. The van der Waals surface area contributed by atoms with Gasteiger partial charge in [-0.15, -0.1) is 0 Å². The van der Waals surface area contributed by atoms with Crippen LogP contribution in [-0.2, 0) is 9.05 Å². The van der Waals surface area contributed by atoms with E-state index >= 15 is 0 Å². The number of rotatable bonds is 7. The van der Waals surface area contributed by atoms with E-state index in [2.05, 4.69) is 48.5 Å². The lowest BCUT2D eigenvalue weighted by molar-refractivity contribution is 0.0729. The molecule has 104 valence electrons. The van der Waals surface area contributed by atoms with E-state index in [9.17, 15) is 0 Å². The number of hydrogen-bond acceptors (Lipinski definition) is 2. The highest BCUT2D eigenvalue weighted by Crippen LogP contribution is 2.46. The smallest absolute Gasteiger partial charge is 0.171 e. The molecule has 0 aromatic carbocycles. The zero-order valence-corrected chi connectivity index (χ0v) is 13.7. The van der Waals surface area contributed by atoms with Gasteiger partial charge in [-0.3, -0.25) is 0 Å². The van der Waals surface area contributed by atoms with Gasteiger partial charge in [-0.25, -0.2) is 0 Å². The molecule has 17 heavy (non-hydrogen) atoms.